The van der Waals surface area contributed by atoms with E-state index in [-0.39, 0.29) is 11.8 Å². The first-order valence-corrected chi connectivity index (χ1v) is 16.8. The first-order chi connectivity index (χ1) is 22.9. The van der Waals surface area contributed by atoms with Crippen LogP contribution < -0.4 is 0 Å². The number of carbonyl (C=O) groups is 2. The maximum atomic E-state index is 14.5. The van der Waals surface area contributed by atoms with Crippen LogP contribution in [0.15, 0.2) is 83.4 Å². The second kappa shape index (κ2) is 14.2. The van der Waals surface area contributed by atoms with Gasteiger partial charge in [-0.3, -0.25) is 9.59 Å². The molecule has 0 unspecified atom stereocenters. The van der Waals surface area contributed by atoms with Gasteiger partial charge >= 0.3 is 0 Å². The predicted molar refractivity (Wildman–Crippen MR) is 185 cm³/mol. The zero-order valence-corrected chi connectivity index (χ0v) is 27.8. The lowest BCUT2D eigenvalue weighted by atomic mass is 9.95. The van der Waals surface area contributed by atoms with Crippen molar-refractivity contribution in [3.8, 4) is 28.1 Å². The SMILES string of the molecule is CCCCN(CCCC)C(=O)c1cc(C)n(-c2ccc(-c3c(-c4ccccc4)noc3C)cc2C(=O)N2CCc3ccccc3C2)n1. The van der Waals surface area contributed by atoms with E-state index in [1.165, 1.54) is 5.56 Å². The Labute approximate surface area is 277 Å². The fraction of sp³-hybridized carbons (Fsp3) is 0.333. The third kappa shape index (κ3) is 6.64. The summed E-state index contributed by atoms with van der Waals surface area (Å²) in [5.41, 5.74) is 8.11. The van der Waals surface area contributed by atoms with Crippen molar-refractivity contribution >= 4 is 11.8 Å². The molecule has 3 heterocycles. The summed E-state index contributed by atoms with van der Waals surface area (Å²) in [5.74, 6) is 0.518. The molecular weight excluding hydrogens is 586 g/mol. The molecule has 47 heavy (non-hydrogen) atoms. The van der Waals surface area contributed by atoms with Crippen LogP contribution in [0, 0.1) is 13.8 Å². The molecule has 2 aromatic heterocycles. The van der Waals surface area contributed by atoms with Gasteiger partial charge in [-0.15, -0.1) is 0 Å². The number of amides is 2. The van der Waals surface area contributed by atoms with Crippen LogP contribution in [0.3, 0.4) is 0 Å². The second-order valence-electron chi connectivity index (χ2n) is 12.4. The van der Waals surface area contributed by atoms with Crippen LogP contribution in [0.2, 0.25) is 0 Å². The molecule has 0 saturated heterocycles. The third-order valence-corrected chi connectivity index (χ3v) is 9.03. The maximum absolute atomic E-state index is 14.5. The second-order valence-corrected chi connectivity index (χ2v) is 12.4. The Hall–Kier alpha value is -4.98. The van der Waals surface area contributed by atoms with Gasteiger partial charge in [-0.05, 0) is 68.0 Å². The van der Waals surface area contributed by atoms with Gasteiger partial charge in [0.2, 0.25) is 0 Å². The number of hydrogen-bond donors (Lipinski definition) is 0. The number of carbonyl (C=O) groups excluding carboxylic acids is 2. The molecule has 6 rings (SSSR count). The fourth-order valence-electron chi connectivity index (χ4n) is 6.39. The highest BCUT2D eigenvalue weighted by molar-refractivity contribution is 6.00. The van der Waals surface area contributed by atoms with Gasteiger partial charge in [0.25, 0.3) is 11.8 Å². The van der Waals surface area contributed by atoms with Crippen LogP contribution in [0.1, 0.15) is 83.0 Å². The molecule has 0 aliphatic carbocycles. The highest BCUT2D eigenvalue weighted by Crippen LogP contribution is 2.36. The van der Waals surface area contributed by atoms with E-state index in [9.17, 15) is 9.59 Å². The summed E-state index contributed by atoms with van der Waals surface area (Å²) in [4.78, 5) is 32.1. The van der Waals surface area contributed by atoms with E-state index >= 15 is 0 Å². The summed E-state index contributed by atoms with van der Waals surface area (Å²) in [6, 6.07) is 25.9. The number of aryl methyl sites for hydroxylation is 2. The number of benzene rings is 3. The number of hydrogen-bond acceptors (Lipinski definition) is 5. The van der Waals surface area contributed by atoms with Crippen molar-refractivity contribution in [2.45, 2.75) is 66.3 Å². The Morgan fingerprint density at radius 3 is 2.28 bits per heavy atom. The maximum Gasteiger partial charge on any atom is 0.274 e. The molecule has 5 aromatic rings. The number of rotatable bonds is 11. The van der Waals surface area contributed by atoms with Gasteiger partial charge < -0.3 is 14.3 Å². The van der Waals surface area contributed by atoms with E-state index in [2.05, 4.69) is 37.2 Å². The minimum Gasteiger partial charge on any atom is -0.360 e. The van der Waals surface area contributed by atoms with Crippen LogP contribution in [-0.4, -0.2) is 56.2 Å². The van der Waals surface area contributed by atoms with Gasteiger partial charge in [0, 0.05) is 37.4 Å². The van der Waals surface area contributed by atoms with Crippen molar-refractivity contribution in [3.63, 3.8) is 0 Å². The standard InChI is InChI=1S/C39H43N5O3/c1-5-7-21-42(22-8-6-2)39(46)34-24-27(3)44(40-34)35-19-18-31(36-28(4)47-41-37(36)30-15-10-9-11-16-30)25-33(35)38(45)43-23-20-29-14-12-13-17-32(29)26-43/h9-19,24-25H,5-8,20-23,26H2,1-4H3. The molecule has 0 saturated carbocycles. The van der Waals surface area contributed by atoms with E-state index in [1.54, 1.807) is 4.68 Å². The minimum atomic E-state index is -0.0815. The van der Waals surface area contributed by atoms with Crippen molar-refractivity contribution < 1.29 is 14.1 Å². The molecule has 1 aliphatic heterocycles. The molecule has 8 nitrogen and oxygen atoms in total. The van der Waals surface area contributed by atoms with Crippen LogP contribution >= 0.6 is 0 Å². The molecule has 0 bridgehead atoms. The van der Waals surface area contributed by atoms with Gasteiger partial charge in [0.05, 0.1) is 16.8 Å². The Morgan fingerprint density at radius 1 is 0.851 bits per heavy atom. The van der Waals surface area contributed by atoms with Crippen molar-refractivity contribution in [2.24, 2.45) is 0 Å². The van der Waals surface area contributed by atoms with Gasteiger partial charge in [-0.2, -0.15) is 5.10 Å². The molecule has 0 radical (unpaired) electrons. The van der Waals surface area contributed by atoms with E-state index in [0.29, 0.717) is 48.9 Å². The zero-order valence-electron chi connectivity index (χ0n) is 27.8. The molecule has 0 atom stereocenters. The number of aromatic nitrogens is 3. The van der Waals surface area contributed by atoms with Gasteiger partial charge in [0.1, 0.15) is 11.5 Å². The van der Waals surface area contributed by atoms with E-state index < -0.39 is 0 Å². The molecule has 242 valence electrons. The van der Waals surface area contributed by atoms with Crippen LogP contribution in [0.25, 0.3) is 28.1 Å². The lowest BCUT2D eigenvalue weighted by molar-refractivity contribution is 0.0732. The summed E-state index contributed by atoms with van der Waals surface area (Å²) in [5, 5.41) is 9.24. The minimum absolute atomic E-state index is 0.0708. The lowest BCUT2D eigenvalue weighted by Crippen LogP contribution is -2.36. The van der Waals surface area contributed by atoms with Crippen molar-refractivity contribution in [1.82, 2.24) is 24.7 Å². The highest BCUT2D eigenvalue weighted by atomic mass is 16.5. The molecule has 1 aliphatic rings. The molecule has 0 spiro atoms. The third-order valence-electron chi connectivity index (χ3n) is 9.03. The topological polar surface area (TPSA) is 84.5 Å². The quantitative estimate of drug-likeness (QED) is 0.148. The monoisotopic (exact) mass is 629 g/mol. The predicted octanol–water partition coefficient (Wildman–Crippen LogP) is 8.05. The van der Waals surface area contributed by atoms with Crippen LogP contribution in [-0.2, 0) is 13.0 Å². The van der Waals surface area contributed by atoms with Crippen LogP contribution in [0.5, 0.6) is 0 Å². The number of fused-ring (bicyclic) bond motifs is 1. The Balaban J connectivity index is 1.43. The Kier molecular flexibility index (Phi) is 9.66. The van der Waals surface area contributed by atoms with E-state index in [1.807, 2.05) is 84.3 Å². The van der Waals surface area contributed by atoms with E-state index in [0.717, 1.165) is 65.7 Å². The molecule has 8 heteroatoms. The fourth-order valence-corrected chi connectivity index (χ4v) is 6.39. The average molecular weight is 630 g/mol. The summed E-state index contributed by atoms with van der Waals surface area (Å²) < 4.78 is 7.45. The first-order valence-electron chi connectivity index (χ1n) is 16.8. The zero-order chi connectivity index (χ0) is 32.9. The van der Waals surface area contributed by atoms with Gasteiger partial charge in [-0.25, -0.2) is 4.68 Å². The Bertz CT molecular complexity index is 1860. The molecule has 0 fully saturated rings. The summed E-state index contributed by atoms with van der Waals surface area (Å²) in [6.45, 7) is 10.7. The van der Waals surface area contributed by atoms with Crippen LogP contribution in [0.4, 0.5) is 0 Å². The Morgan fingerprint density at radius 2 is 1.55 bits per heavy atom. The smallest absolute Gasteiger partial charge is 0.274 e. The summed E-state index contributed by atoms with van der Waals surface area (Å²) in [6.07, 6.45) is 4.72. The molecular formula is C39H43N5O3. The average Bonchev–Trinajstić information content (AvgIpc) is 3.69. The lowest BCUT2D eigenvalue weighted by Gasteiger charge is -2.29. The van der Waals surface area contributed by atoms with Crippen molar-refractivity contribution in [1.29, 1.82) is 0 Å². The van der Waals surface area contributed by atoms with E-state index in [4.69, 9.17) is 9.62 Å². The molecule has 0 N–H and O–H groups in total. The molecule has 2 amide bonds. The van der Waals surface area contributed by atoms with Gasteiger partial charge in [-0.1, -0.05) is 92.5 Å². The first kappa shape index (κ1) is 32.0. The largest absolute Gasteiger partial charge is 0.360 e. The number of unbranched alkanes of at least 4 members (excludes halogenated alkanes) is 2. The summed E-state index contributed by atoms with van der Waals surface area (Å²) >= 11 is 0. The molecule has 3 aromatic carbocycles. The van der Waals surface area contributed by atoms with Crippen molar-refractivity contribution in [2.75, 3.05) is 19.6 Å². The summed E-state index contributed by atoms with van der Waals surface area (Å²) in [7, 11) is 0. The highest BCUT2D eigenvalue weighted by Gasteiger charge is 2.28. The number of nitrogens with zero attached hydrogens (tertiary/aromatic N) is 5. The van der Waals surface area contributed by atoms with Gasteiger partial charge in [0.15, 0.2) is 5.69 Å². The normalized spacial score (nSPS) is 12.6. The van der Waals surface area contributed by atoms with Crippen molar-refractivity contribution in [3.05, 3.63) is 113 Å².